The van der Waals surface area contributed by atoms with Crippen LogP contribution in [0.5, 0.6) is 0 Å². The molecule has 9 nitrogen and oxygen atoms in total. The van der Waals surface area contributed by atoms with Crippen molar-refractivity contribution in [2.45, 2.75) is 52.7 Å². The number of methoxy groups -OCH3 is 1. The topological polar surface area (TPSA) is 123 Å². The summed E-state index contributed by atoms with van der Waals surface area (Å²) in [5.41, 5.74) is 3.25. The van der Waals surface area contributed by atoms with Crippen molar-refractivity contribution in [2.24, 2.45) is 16.7 Å². The van der Waals surface area contributed by atoms with E-state index >= 15 is 0 Å². The smallest absolute Gasteiger partial charge is 0.328 e. The molecule has 3 aromatic rings. The molecule has 1 saturated carbocycles. The van der Waals surface area contributed by atoms with Crippen molar-refractivity contribution in [1.29, 1.82) is 0 Å². The Hall–Kier alpha value is -3.92. The molecular weight excluding hydrogens is 617 g/mol. The predicted octanol–water partition coefficient (Wildman–Crippen LogP) is 6.14. The number of hydroxylamine groups is 1. The molecule has 238 valence electrons. The molecule has 0 aliphatic heterocycles. The summed E-state index contributed by atoms with van der Waals surface area (Å²) in [4.78, 5) is 57.8. The fraction of sp³-hybridized carbons (Fsp3) is 0.353. The van der Waals surface area contributed by atoms with Crippen LogP contribution in [0.25, 0.3) is 0 Å². The molecule has 0 bridgehead atoms. The Morgan fingerprint density at radius 2 is 1.53 bits per heavy atom. The second-order valence-electron chi connectivity index (χ2n) is 11.9. The van der Waals surface area contributed by atoms with Crippen LogP contribution < -0.4 is 16.1 Å². The van der Waals surface area contributed by atoms with Gasteiger partial charge < -0.3 is 15.4 Å². The normalized spacial score (nSPS) is 19.3. The van der Waals surface area contributed by atoms with E-state index in [4.69, 9.17) is 32.8 Å². The van der Waals surface area contributed by atoms with Crippen molar-refractivity contribution in [3.05, 3.63) is 99.5 Å². The lowest BCUT2D eigenvalue weighted by Gasteiger charge is -2.39. The molecule has 0 spiro atoms. The first-order valence-electron chi connectivity index (χ1n) is 14.6. The number of hydrogen-bond acceptors (Lipinski definition) is 6. The van der Waals surface area contributed by atoms with Crippen molar-refractivity contribution < 1.29 is 28.8 Å². The molecule has 0 heterocycles. The summed E-state index contributed by atoms with van der Waals surface area (Å²) in [6, 6.07) is 20.2. The number of rotatable bonds is 11. The molecule has 11 heteroatoms. The number of esters is 1. The summed E-state index contributed by atoms with van der Waals surface area (Å²) in [6.45, 7) is 5.82. The number of nitrogens with one attached hydrogen (secondary N) is 3. The van der Waals surface area contributed by atoms with E-state index in [1.54, 1.807) is 42.5 Å². The Bertz CT molecular complexity index is 1530. The molecule has 0 saturated heterocycles. The van der Waals surface area contributed by atoms with Gasteiger partial charge in [-0.3, -0.25) is 19.2 Å². The van der Waals surface area contributed by atoms with Crippen molar-refractivity contribution in [3.63, 3.8) is 0 Å². The highest BCUT2D eigenvalue weighted by atomic mass is 35.5. The highest BCUT2D eigenvalue weighted by molar-refractivity contribution is 6.40. The number of anilines is 1. The Balaban J connectivity index is 1.38. The van der Waals surface area contributed by atoms with Crippen LogP contribution >= 0.6 is 23.2 Å². The van der Waals surface area contributed by atoms with Gasteiger partial charge in [0.1, 0.15) is 6.04 Å². The maximum absolute atomic E-state index is 13.6. The van der Waals surface area contributed by atoms with Crippen LogP contribution in [0.15, 0.2) is 72.8 Å². The lowest BCUT2D eigenvalue weighted by atomic mass is 9.65. The first-order valence-corrected chi connectivity index (χ1v) is 15.3. The van der Waals surface area contributed by atoms with Crippen molar-refractivity contribution in [1.82, 2.24) is 10.8 Å². The van der Waals surface area contributed by atoms with E-state index in [2.05, 4.69) is 16.1 Å². The number of ether oxygens (including phenoxy) is 1. The van der Waals surface area contributed by atoms with Crippen LogP contribution in [0.4, 0.5) is 5.69 Å². The average molecular weight is 655 g/mol. The van der Waals surface area contributed by atoms with E-state index in [1.807, 2.05) is 51.1 Å². The second kappa shape index (κ2) is 14.5. The molecule has 3 aromatic carbocycles. The van der Waals surface area contributed by atoms with Gasteiger partial charge in [-0.15, -0.1) is 0 Å². The molecule has 1 aliphatic rings. The third-order valence-electron chi connectivity index (χ3n) is 8.93. The fourth-order valence-corrected chi connectivity index (χ4v) is 6.28. The van der Waals surface area contributed by atoms with Gasteiger partial charge in [0.25, 0.3) is 5.91 Å². The highest BCUT2D eigenvalue weighted by Gasteiger charge is 2.58. The average Bonchev–Trinajstić information content (AvgIpc) is 3.26. The Kier molecular flexibility index (Phi) is 10.9. The quantitative estimate of drug-likeness (QED) is 0.169. The van der Waals surface area contributed by atoms with Gasteiger partial charge in [0.15, 0.2) is 0 Å². The highest BCUT2D eigenvalue weighted by Crippen LogP contribution is 2.56. The van der Waals surface area contributed by atoms with Gasteiger partial charge in [0.2, 0.25) is 11.8 Å². The maximum Gasteiger partial charge on any atom is 0.328 e. The third kappa shape index (κ3) is 7.66. The van der Waals surface area contributed by atoms with E-state index in [0.29, 0.717) is 18.5 Å². The molecule has 0 aromatic heterocycles. The minimum absolute atomic E-state index is 0.154. The van der Waals surface area contributed by atoms with E-state index in [9.17, 15) is 19.2 Å². The van der Waals surface area contributed by atoms with E-state index in [-0.39, 0.29) is 40.5 Å². The SMILES string of the molecule is COC(=O)[C@H](Cc1ccc(NC(=O)c2c(Cl)cccc2Cl)cc1)NC(=O)C1CCC(C)(C(=O)NOCc2ccccc2)C1(C)C. The van der Waals surface area contributed by atoms with Crippen LogP contribution in [0, 0.1) is 16.7 Å². The number of carbonyl (C=O) groups is 4. The van der Waals surface area contributed by atoms with Crippen LogP contribution in [-0.4, -0.2) is 36.8 Å². The number of halogens is 2. The summed E-state index contributed by atoms with van der Waals surface area (Å²) < 4.78 is 4.99. The molecule has 3 amide bonds. The van der Waals surface area contributed by atoms with Crippen LogP contribution in [0.1, 0.15) is 55.1 Å². The minimum Gasteiger partial charge on any atom is -0.467 e. The van der Waals surface area contributed by atoms with Crippen LogP contribution in [0.3, 0.4) is 0 Å². The van der Waals surface area contributed by atoms with Gasteiger partial charge in [-0.25, -0.2) is 10.3 Å². The molecule has 4 rings (SSSR count). The Morgan fingerprint density at radius 3 is 2.16 bits per heavy atom. The minimum atomic E-state index is -0.962. The second-order valence-corrected chi connectivity index (χ2v) is 12.7. The van der Waals surface area contributed by atoms with E-state index in [1.165, 1.54) is 7.11 Å². The van der Waals surface area contributed by atoms with Gasteiger partial charge in [-0.05, 0) is 53.6 Å². The molecular formula is C34H37Cl2N3O6. The Labute approximate surface area is 272 Å². The fourth-order valence-electron chi connectivity index (χ4n) is 5.71. The van der Waals surface area contributed by atoms with Crippen molar-refractivity contribution in [3.8, 4) is 0 Å². The lowest BCUT2D eigenvalue weighted by Crippen LogP contribution is -2.52. The lowest BCUT2D eigenvalue weighted by molar-refractivity contribution is -0.152. The van der Waals surface area contributed by atoms with Crippen molar-refractivity contribution >= 4 is 52.6 Å². The van der Waals surface area contributed by atoms with Gasteiger partial charge in [-0.1, -0.05) is 92.5 Å². The standard InChI is InChI=1S/C34H37Cl2N3O6/c1-33(2)24(17-18-34(33,3)32(43)39-45-20-22-9-6-5-7-10-22)29(40)38-27(31(42)44-4)19-21-13-15-23(16-14-21)37-30(41)28-25(35)11-8-12-26(28)36/h5-16,24,27H,17-20H2,1-4H3,(H,37,41)(H,38,40)(H,39,43)/t24?,27-,34?/m0/s1. The van der Waals surface area contributed by atoms with Crippen molar-refractivity contribution in [2.75, 3.05) is 12.4 Å². The number of hydrogen-bond donors (Lipinski definition) is 3. The van der Waals surface area contributed by atoms with Gasteiger partial charge in [0, 0.05) is 18.0 Å². The van der Waals surface area contributed by atoms with E-state index in [0.717, 1.165) is 11.1 Å². The molecule has 45 heavy (non-hydrogen) atoms. The van der Waals surface area contributed by atoms with Crippen LogP contribution in [0.2, 0.25) is 10.0 Å². The van der Waals surface area contributed by atoms with Gasteiger partial charge in [0.05, 0.1) is 34.7 Å². The summed E-state index contributed by atoms with van der Waals surface area (Å²) in [7, 11) is 1.26. The molecule has 1 fully saturated rings. The van der Waals surface area contributed by atoms with Gasteiger partial charge in [-0.2, -0.15) is 0 Å². The van der Waals surface area contributed by atoms with Crippen LogP contribution in [-0.2, 0) is 37.0 Å². The molecule has 0 radical (unpaired) electrons. The first-order chi connectivity index (χ1) is 21.4. The Morgan fingerprint density at radius 1 is 0.889 bits per heavy atom. The molecule has 3 atom stereocenters. The first kappa shape index (κ1) is 34.0. The number of amides is 3. The predicted molar refractivity (Wildman–Crippen MR) is 172 cm³/mol. The summed E-state index contributed by atoms with van der Waals surface area (Å²) in [5, 5.41) is 6.08. The third-order valence-corrected chi connectivity index (χ3v) is 9.56. The molecule has 3 N–H and O–H groups in total. The van der Waals surface area contributed by atoms with Gasteiger partial charge >= 0.3 is 5.97 Å². The monoisotopic (exact) mass is 653 g/mol. The maximum atomic E-state index is 13.6. The summed E-state index contributed by atoms with van der Waals surface area (Å²) in [5.74, 6) is -2.23. The number of carbonyl (C=O) groups excluding carboxylic acids is 4. The zero-order valence-corrected chi connectivity index (χ0v) is 27.1. The molecule has 2 unspecified atom stereocenters. The number of benzene rings is 3. The molecule has 1 aliphatic carbocycles. The van der Waals surface area contributed by atoms with E-state index < -0.39 is 34.7 Å². The zero-order valence-electron chi connectivity index (χ0n) is 25.6. The zero-order chi connectivity index (χ0) is 32.8. The summed E-state index contributed by atoms with van der Waals surface area (Å²) >= 11 is 12.3. The summed E-state index contributed by atoms with van der Waals surface area (Å²) in [6.07, 6.45) is 1.08. The largest absolute Gasteiger partial charge is 0.467 e.